The second-order valence-corrected chi connectivity index (χ2v) is 16.3. The van der Waals surface area contributed by atoms with Gasteiger partial charge in [-0.2, -0.15) is 0 Å². The van der Waals surface area contributed by atoms with Crippen LogP contribution in [-0.2, 0) is 5.41 Å². The summed E-state index contributed by atoms with van der Waals surface area (Å²) >= 11 is 0. The van der Waals surface area contributed by atoms with Crippen molar-refractivity contribution in [2.75, 3.05) is 0 Å². The lowest BCUT2D eigenvalue weighted by Crippen LogP contribution is -2.25. The molecule has 0 N–H and O–H groups in total. The van der Waals surface area contributed by atoms with Gasteiger partial charge in [-0.1, -0.05) is 182 Å². The normalized spacial score (nSPS) is 13.0. The van der Waals surface area contributed by atoms with Crippen LogP contribution in [0.1, 0.15) is 22.3 Å². The second-order valence-electron chi connectivity index (χ2n) is 16.3. The standard InChI is InChI=1S/C58H36N4/c1-4-17-37(18-5-1)55-59-56(38-19-6-2-7-20-38)61-57(60-55)46-26-16-29-50-54(46)45-33-31-40(36-51(45)58(50)48-27-13-10-23-42(48)43-24-11-14-28-49(43)58)39-32-34-53-47(35-39)44-25-12-15-30-52(44)62(53)41-21-8-3-9-22-41/h1-36H. The molecule has 4 heteroatoms. The Balaban J connectivity index is 1.07. The molecule has 62 heavy (non-hydrogen) atoms. The molecule has 0 amide bonds. The highest BCUT2D eigenvalue weighted by Gasteiger charge is 2.52. The van der Waals surface area contributed by atoms with Gasteiger partial charge >= 0.3 is 0 Å². The molecule has 4 nitrogen and oxygen atoms in total. The van der Waals surface area contributed by atoms with Crippen molar-refractivity contribution in [2.45, 2.75) is 5.41 Å². The van der Waals surface area contributed by atoms with Crippen LogP contribution in [0.4, 0.5) is 0 Å². The van der Waals surface area contributed by atoms with Crippen molar-refractivity contribution in [1.82, 2.24) is 19.5 Å². The lowest BCUT2D eigenvalue weighted by atomic mass is 9.70. The van der Waals surface area contributed by atoms with Crippen molar-refractivity contribution in [1.29, 1.82) is 0 Å². The van der Waals surface area contributed by atoms with Crippen LogP contribution in [0.25, 0.3) is 95.0 Å². The number of fused-ring (bicyclic) bond motifs is 13. The maximum Gasteiger partial charge on any atom is 0.164 e. The van der Waals surface area contributed by atoms with Crippen LogP contribution in [0.15, 0.2) is 218 Å². The van der Waals surface area contributed by atoms with Gasteiger partial charge in [0.15, 0.2) is 17.5 Å². The summed E-state index contributed by atoms with van der Waals surface area (Å²) in [6.07, 6.45) is 0. The molecule has 9 aromatic carbocycles. The summed E-state index contributed by atoms with van der Waals surface area (Å²) in [6.45, 7) is 0. The zero-order valence-electron chi connectivity index (χ0n) is 33.6. The van der Waals surface area contributed by atoms with Gasteiger partial charge in [-0.05, 0) is 92.0 Å². The average molecular weight is 789 g/mol. The van der Waals surface area contributed by atoms with Crippen LogP contribution in [0.5, 0.6) is 0 Å². The van der Waals surface area contributed by atoms with Crippen molar-refractivity contribution in [2.24, 2.45) is 0 Å². The molecule has 288 valence electrons. The molecule has 2 aliphatic rings. The third kappa shape index (κ3) is 4.92. The van der Waals surface area contributed by atoms with E-state index in [9.17, 15) is 0 Å². The summed E-state index contributed by atoms with van der Waals surface area (Å²) in [5.41, 5.74) is 18.2. The molecule has 1 spiro atoms. The number of rotatable bonds is 5. The highest BCUT2D eigenvalue weighted by atomic mass is 15.0. The smallest absolute Gasteiger partial charge is 0.164 e. The SMILES string of the molecule is c1ccc(-c2nc(-c3ccccc3)nc(-c3cccc4c3-c3ccc(-c5ccc6c(c5)c5ccccc5n6-c5ccccc5)cc3C43c4ccccc4-c4ccccc43)n2)cc1. The topological polar surface area (TPSA) is 43.6 Å². The van der Waals surface area contributed by atoms with E-state index >= 15 is 0 Å². The molecule has 2 aromatic heterocycles. The number of hydrogen-bond acceptors (Lipinski definition) is 3. The second kappa shape index (κ2) is 13.4. The minimum Gasteiger partial charge on any atom is -0.309 e. The zero-order chi connectivity index (χ0) is 40.8. The van der Waals surface area contributed by atoms with Gasteiger partial charge in [0.25, 0.3) is 0 Å². The van der Waals surface area contributed by atoms with Crippen molar-refractivity contribution in [3.8, 4) is 73.2 Å². The molecule has 0 saturated carbocycles. The summed E-state index contributed by atoms with van der Waals surface area (Å²) in [7, 11) is 0. The van der Waals surface area contributed by atoms with Gasteiger partial charge in [-0.25, -0.2) is 15.0 Å². The Hall–Kier alpha value is -8.21. The summed E-state index contributed by atoms with van der Waals surface area (Å²) < 4.78 is 2.38. The first-order valence-electron chi connectivity index (χ1n) is 21.2. The van der Waals surface area contributed by atoms with E-state index in [1.54, 1.807) is 0 Å². The van der Waals surface area contributed by atoms with Crippen LogP contribution in [0.3, 0.4) is 0 Å². The molecule has 0 unspecified atom stereocenters. The van der Waals surface area contributed by atoms with E-state index in [1.165, 1.54) is 71.9 Å². The third-order valence-electron chi connectivity index (χ3n) is 13.1. The number of benzene rings is 9. The van der Waals surface area contributed by atoms with E-state index < -0.39 is 5.41 Å². The fraction of sp³-hybridized carbons (Fsp3) is 0.0172. The van der Waals surface area contributed by atoms with E-state index in [2.05, 4.69) is 187 Å². The van der Waals surface area contributed by atoms with Crippen LogP contribution in [0.2, 0.25) is 0 Å². The Labute approximate surface area is 359 Å². The molecule has 11 aromatic rings. The number of para-hydroxylation sites is 2. The summed E-state index contributed by atoms with van der Waals surface area (Å²) in [4.78, 5) is 15.6. The number of hydrogen-bond donors (Lipinski definition) is 0. The first-order valence-corrected chi connectivity index (χ1v) is 21.2. The summed E-state index contributed by atoms with van der Waals surface area (Å²) in [6, 6.07) is 78.6. The van der Waals surface area contributed by atoms with Crippen molar-refractivity contribution in [3.63, 3.8) is 0 Å². The Morgan fingerprint density at radius 2 is 0.823 bits per heavy atom. The molecule has 0 radical (unpaired) electrons. The van der Waals surface area contributed by atoms with Gasteiger partial charge in [-0.3, -0.25) is 0 Å². The van der Waals surface area contributed by atoms with Crippen molar-refractivity contribution in [3.05, 3.63) is 241 Å². The van der Waals surface area contributed by atoms with Gasteiger partial charge in [0.05, 0.1) is 16.4 Å². The largest absolute Gasteiger partial charge is 0.309 e. The molecular weight excluding hydrogens is 753 g/mol. The van der Waals surface area contributed by atoms with E-state index in [-0.39, 0.29) is 0 Å². The maximum atomic E-state index is 5.27. The summed E-state index contributed by atoms with van der Waals surface area (Å²) in [5, 5.41) is 2.47. The monoisotopic (exact) mass is 788 g/mol. The van der Waals surface area contributed by atoms with E-state index in [1.807, 2.05) is 36.4 Å². The molecule has 2 heterocycles. The Morgan fingerprint density at radius 3 is 1.52 bits per heavy atom. The molecule has 0 fully saturated rings. The molecule has 0 atom stereocenters. The van der Waals surface area contributed by atoms with E-state index in [0.29, 0.717) is 17.5 Å². The minimum absolute atomic E-state index is 0.561. The van der Waals surface area contributed by atoms with E-state index in [4.69, 9.17) is 15.0 Å². The van der Waals surface area contributed by atoms with Crippen molar-refractivity contribution < 1.29 is 0 Å². The molecule has 2 aliphatic carbocycles. The highest BCUT2D eigenvalue weighted by Crippen LogP contribution is 2.64. The average Bonchev–Trinajstić information content (AvgIpc) is 3.96. The molecule has 0 saturated heterocycles. The van der Waals surface area contributed by atoms with Gasteiger partial charge in [0.2, 0.25) is 0 Å². The fourth-order valence-corrected chi connectivity index (χ4v) is 10.5. The van der Waals surface area contributed by atoms with Gasteiger partial charge in [-0.15, -0.1) is 0 Å². The van der Waals surface area contributed by atoms with Gasteiger partial charge < -0.3 is 4.57 Å². The zero-order valence-corrected chi connectivity index (χ0v) is 33.6. The Kier molecular flexibility index (Phi) is 7.49. The van der Waals surface area contributed by atoms with Crippen molar-refractivity contribution >= 4 is 21.8 Å². The lowest BCUT2D eigenvalue weighted by Gasteiger charge is -2.30. The Morgan fingerprint density at radius 1 is 0.306 bits per heavy atom. The van der Waals surface area contributed by atoms with Crippen LogP contribution in [0, 0.1) is 0 Å². The fourth-order valence-electron chi connectivity index (χ4n) is 10.5. The molecule has 0 bridgehead atoms. The minimum atomic E-state index is -0.561. The van der Waals surface area contributed by atoms with Gasteiger partial charge in [0.1, 0.15) is 0 Å². The lowest BCUT2D eigenvalue weighted by molar-refractivity contribution is 0.794. The predicted molar refractivity (Wildman–Crippen MR) is 252 cm³/mol. The first-order chi connectivity index (χ1) is 30.8. The molecule has 13 rings (SSSR count). The first kappa shape index (κ1) is 34.6. The van der Waals surface area contributed by atoms with Crippen LogP contribution in [-0.4, -0.2) is 19.5 Å². The number of aromatic nitrogens is 4. The van der Waals surface area contributed by atoms with Crippen LogP contribution < -0.4 is 0 Å². The van der Waals surface area contributed by atoms with Gasteiger partial charge in [0, 0.05) is 33.2 Å². The molecular formula is C58H36N4. The third-order valence-corrected chi connectivity index (χ3v) is 13.1. The molecule has 0 aliphatic heterocycles. The summed E-state index contributed by atoms with van der Waals surface area (Å²) in [5.74, 6) is 1.95. The van der Waals surface area contributed by atoms with Crippen LogP contribution >= 0.6 is 0 Å². The van der Waals surface area contributed by atoms with E-state index in [0.717, 1.165) is 27.9 Å². The Bertz CT molecular complexity index is 3470. The quantitative estimate of drug-likeness (QED) is 0.174. The predicted octanol–water partition coefficient (Wildman–Crippen LogP) is 14.0. The maximum absolute atomic E-state index is 5.27. The highest BCUT2D eigenvalue weighted by molar-refractivity contribution is 6.10. The number of nitrogens with zero attached hydrogens (tertiary/aromatic N) is 4.